The first kappa shape index (κ1) is 21.0. The van der Waals surface area contributed by atoms with Gasteiger partial charge in [-0.15, -0.1) is 0 Å². The van der Waals surface area contributed by atoms with E-state index >= 15 is 0 Å². The van der Waals surface area contributed by atoms with Crippen LogP contribution in [0.4, 0.5) is 11.4 Å². The van der Waals surface area contributed by atoms with Gasteiger partial charge in [0, 0.05) is 35.6 Å². The number of nitrogens with one attached hydrogen (secondary N) is 1. The summed E-state index contributed by atoms with van der Waals surface area (Å²) in [4.78, 5) is 14.7. The van der Waals surface area contributed by atoms with Crippen molar-refractivity contribution in [3.05, 3.63) is 71.5 Å². The summed E-state index contributed by atoms with van der Waals surface area (Å²) in [5, 5.41) is 12.3. The van der Waals surface area contributed by atoms with Gasteiger partial charge in [-0.3, -0.25) is 4.79 Å². The minimum absolute atomic E-state index is 0.0115. The number of nitriles is 1. The zero-order valence-corrected chi connectivity index (χ0v) is 17.8. The van der Waals surface area contributed by atoms with Crippen LogP contribution in [0.5, 0.6) is 11.5 Å². The predicted octanol–water partition coefficient (Wildman–Crippen LogP) is 4.40. The smallest absolute Gasteiger partial charge is 0.266 e. The number of allylic oxidation sites excluding steroid dienone is 3. The van der Waals surface area contributed by atoms with E-state index in [1.165, 1.54) is 12.7 Å². The molecule has 30 heavy (non-hydrogen) atoms. The number of para-hydroxylation sites is 1. The van der Waals surface area contributed by atoms with Gasteiger partial charge in [-0.05, 0) is 35.9 Å². The Hall–Kier alpha value is -3.72. The highest BCUT2D eigenvalue weighted by Gasteiger charge is 2.37. The second kappa shape index (κ2) is 8.34. The monoisotopic (exact) mass is 403 g/mol. The molecule has 0 atom stereocenters. The van der Waals surface area contributed by atoms with E-state index in [1.54, 1.807) is 31.4 Å². The molecular formula is C24H25N3O3. The molecule has 0 radical (unpaired) electrons. The Kier molecular flexibility index (Phi) is 5.84. The predicted molar refractivity (Wildman–Crippen MR) is 118 cm³/mol. The summed E-state index contributed by atoms with van der Waals surface area (Å²) in [5.74, 6) is 0.562. The Balaban J connectivity index is 1.86. The van der Waals surface area contributed by atoms with E-state index in [0.29, 0.717) is 17.2 Å². The van der Waals surface area contributed by atoms with Crippen LogP contribution in [0.3, 0.4) is 0 Å². The van der Waals surface area contributed by atoms with Crippen molar-refractivity contribution in [2.45, 2.75) is 19.3 Å². The van der Waals surface area contributed by atoms with Crippen molar-refractivity contribution in [3.8, 4) is 17.6 Å². The van der Waals surface area contributed by atoms with Crippen LogP contribution in [-0.4, -0.2) is 27.2 Å². The third kappa shape index (κ3) is 3.74. The van der Waals surface area contributed by atoms with Gasteiger partial charge in [0.1, 0.15) is 11.6 Å². The summed E-state index contributed by atoms with van der Waals surface area (Å²) in [6, 6.07) is 15.2. The molecule has 0 bridgehead atoms. The van der Waals surface area contributed by atoms with Crippen LogP contribution in [-0.2, 0) is 10.2 Å². The molecule has 1 N–H and O–H groups in total. The first-order valence-electron chi connectivity index (χ1n) is 9.52. The molecule has 1 aliphatic heterocycles. The van der Waals surface area contributed by atoms with Crippen LogP contribution in [0, 0.1) is 11.3 Å². The highest BCUT2D eigenvalue weighted by Crippen LogP contribution is 2.46. The van der Waals surface area contributed by atoms with Crippen molar-refractivity contribution in [1.29, 1.82) is 5.26 Å². The molecule has 3 rings (SSSR count). The Morgan fingerprint density at radius 2 is 1.83 bits per heavy atom. The van der Waals surface area contributed by atoms with Crippen molar-refractivity contribution in [1.82, 2.24) is 0 Å². The fraction of sp³-hybridized carbons (Fsp3) is 0.250. The summed E-state index contributed by atoms with van der Waals surface area (Å²) < 4.78 is 10.5. The van der Waals surface area contributed by atoms with Crippen LogP contribution in [0.15, 0.2) is 65.9 Å². The average molecular weight is 403 g/mol. The van der Waals surface area contributed by atoms with Crippen molar-refractivity contribution in [2.24, 2.45) is 0 Å². The number of nitrogens with zero attached hydrogens (tertiary/aromatic N) is 2. The van der Waals surface area contributed by atoms with Crippen LogP contribution in [0.1, 0.15) is 19.4 Å². The molecule has 0 spiro atoms. The number of amides is 1. The standard InChI is InChI=1S/C24H25N3O3/c1-24(2)18-8-6-7-9-19(18)27(3)22(24)13-10-16(15-25)23(28)26-17-11-12-20(29-4)21(14-17)30-5/h6-14H,1-5H3,(H,26,28)/b16-10+,22-13+. The van der Waals surface area contributed by atoms with E-state index in [1.807, 2.05) is 31.3 Å². The maximum atomic E-state index is 12.6. The summed E-state index contributed by atoms with van der Waals surface area (Å²) >= 11 is 0. The Labute approximate surface area is 177 Å². The molecule has 0 unspecified atom stereocenters. The number of methoxy groups -OCH3 is 2. The second-order valence-electron chi connectivity index (χ2n) is 7.47. The van der Waals surface area contributed by atoms with Gasteiger partial charge in [0.05, 0.1) is 14.2 Å². The lowest BCUT2D eigenvalue weighted by atomic mass is 9.83. The van der Waals surface area contributed by atoms with Gasteiger partial charge in [0.2, 0.25) is 0 Å². The number of carbonyl (C=O) groups is 1. The lowest BCUT2D eigenvalue weighted by Gasteiger charge is -2.23. The Morgan fingerprint density at radius 3 is 2.47 bits per heavy atom. The van der Waals surface area contributed by atoms with Crippen LogP contribution in [0.2, 0.25) is 0 Å². The maximum absolute atomic E-state index is 12.6. The number of hydrogen-bond acceptors (Lipinski definition) is 5. The van der Waals surface area contributed by atoms with Gasteiger partial charge in [-0.1, -0.05) is 32.0 Å². The molecule has 2 aromatic carbocycles. The highest BCUT2D eigenvalue weighted by molar-refractivity contribution is 6.06. The summed E-state index contributed by atoms with van der Waals surface area (Å²) in [6.45, 7) is 4.26. The third-order valence-electron chi connectivity index (χ3n) is 5.35. The Bertz CT molecular complexity index is 1080. The number of hydrogen-bond donors (Lipinski definition) is 1. The van der Waals surface area contributed by atoms with Gasteiger partial charge < -0.3 is 19.7 Å². The molecule has 154 valence electrons. The summed E-state index contributed by atoms with van der Waals surface area (Å²) in [6.07, 6.45) is 3.41. The number of fused-ring (bicyclic) bond motifs is 1. The molecule has 1 heterocycles. The van der Waals surface area contributed by atoms with E-state index in [-0.39, 0.29) is 11.0 Å². The number of benzene rings is 2. The zero-order valence-electron chi connectivity index (χ0n) is 17.8. The molecule has 1 amide bonds. The largest absolute Gasteiger partial charge is 0.493 e. The quantitative estimate of drug-likeness (QED) is 0.591. The minimum Gasteiger partial charge on any atom is -0.493 e. The molecular weight excluding hydrogens is 378 g/mol. The van der Waals surface area contributed by atoms with E-state index < -0.39 is 5.91 Å². The number of ether oxygens (including phenoxy) is 2. The number of anilines is 2. The number of carbonyl (C=O) groups excluding carboxylic acids is 1. The summed E-state index contributed by atoms with van der Waals surface area (Å²) in [7, 11) is 5.05. The number of likely N-dealkylation sites (N-methyl/N-ethyl adjacent to an activating group) is 1. The Morgan fingerprint density at radius 1 is 1.13 bits per heavy atom. The molecule has 0 saturated heterocycles. The zero-order chi connectivity index (χ0) is 21.9. The lowest BCUT2D eigenvalue weighted by molar-refractivity contribution is -0.112. The number of rotatable bonds is 5. The van der Waals surface area contributed by atoms with Crippen molar-refractivity contribution in [2.75, 3.05) is 31.5 Å². The van der Waals surface area contributed by atoms with Crippen LogP contribution in [0.25, 0.3) is 0 Å². The molecule has 2 aromatic rings. The van der Waals surface area contributed by atoms with Gasteiger partial charge in [0.15, 0.2) is 11.5 Å². The lowest BCUT2D eigenvalue weighted by Crippen LogP contribution is -2.22. The van der Waals surface area contributed by atoms with E-state index in [9.17, 15) is 10.1 Å². The topological polar surface area (TPSA) is 74.6 Å². The van der Waals surface area contributed by atoms with E-state index in [0.717, 1.165) is 11.4 Å². The van der Waals surface area contributed by atoms with Gasteiger partial charge in [-0.2, -0.15) is 5.26 Å². The average Bonchev–Trinajstić information content (AvgIpc) is 2.94. The van der Waals surface area contributed by atoms with Crippen molar-refractivity contribution in [3.63, 3.8) is 0 Å². The third-order valence-corrected chi connectivity index (χ3v) is 5.35. The first-order valence-corrected chi connectivity index (χ1v) is 9.52. The first-order chi connectivity index (χ1) is 14.3. The maximum Gasteiger partial charge on any atom is 0.266 e. The highest BCUT2D eigenvalue weighted by atomic mass is 16.5. The van der Waals surface area contributed by atoms with Gasteiger partial charge >= 0.3 is 0 Å². The molecule has 0 saturated carbocycles. The molecule has 0 aromatic heterocycles. The van der Waals surface area contributed by atoms with Crippen LogP contribution >= 0.6 is 0 Å². The van der Waals surface area contributed by atoms with Gasteiger partial charge in [0.25, 0.3) is 5.91 Å². The van der Waals surface area contributed by atoms with E-state index in [4.69, 9.17) is 9.47 Å². The van der Waals surface area contributed by atoms with E-state index in [2.05, 4.69) is 36.2 Å². The molecule has 0 aliphatic carbocycles. The molecule has 6 nitrogen and oxygen atoms in total. The van der Waals surface area contributed by atoms with Crippen molar-refractivity contribution < 1.29 is 14.3 Å². The molecule has 0 fully saturated rings. The fourth-order valence-corrected chi connectivity index (χ4v) is 3.74. The molecule has 1 aliphatic rings. The van der Waals surface area contributed by atoms with Gasteiger partial charge in [-0.25, -0.2) is 0 Å². The minimum atomic E-state index is -0.488. The normalized spacial score (nSPS) is 16.1. The molecule has 6 heteroatoms. The fourth-order valence-electron chi connectivity index (χ4n) is 3.74. The van der Waals surface area contributed by atoms with Crippen LogP contribution < -0.4 is 19.7 Å². The van der Waals surface area contributed by atoms with Crippen molar-refractivity contribution >= 4 is 17.3 Å². The second-order valence-corrected chi connectivity index (χ2v) is 7.47. The SMILES string of the molecule is COc1ccc(NC(=O)/C(C#N)=C/C=C2/N(C)c3ccccc3C2(C)C)cc1OC. The summed E-state index contributed by atoms with van der Waals surface area (Å²) in [5.41, 5.74) is 3.63.